The highest BCUT2D eigenvalue weighted by Gasteiger charge is 2.20. The number of carbonyl (C=O) groups is 1. The van der Waals surface area contributed by atoms with Crippen molar-refractivity contribution in [3.8, 4) is 22.6 Å². The average Bonchev–Trinajstić information content (AvgIpc) is 3.49. The lowest BCUT2D eigenvalue weighted by Gasteiger charge is -2.19. The van der Waals surface area contributed by atoms with Gasteiger partial charge < -0.3 is 19.3 Å². The van der Waals surface area contributed by atoms with Crippen LogP contribution in [0, 0.1) is 12.7 Å². The lowest BCUT2D eigenvalue weighted by atomic mass is 9.97. The van der Waals surface area contributed by atoms with Gasteiger partial charge >= 0.3 is 5.97 Å². The van der Waals surface area contributed by atoms with Crippen molar-refractivity contribution in [1.29, 1.82) is 0 Å². The number of halogens is 1. The van der Waals surface area contributed by atoms with Gasteiger partial charge in [-0.1, -0.05) is 54.6 Å². The Balaban J connectivity index is 1.38. The van der Waals surface area contributed by atoms with Gasteiger partial charge in [-0.05, 0) is 70.2 Å². The number of carbonyl (C=O) groups excluding carboxylic acids is 1. The van der Waals surface area contributed by atoms with Crippen LogP contribution in [-0.2, 0) is 29.3 Å². The SMILES string of the molecule is CCOC(=O)[C@@H](CO)NCc1cc(F)c(OCc2cccc(-c3ccccc3)c2C)cc1OCc1ccc2nonc2c1. The molecule has 1 heterocycles. The Morgan fingerprint density at radius 2 is 1.72 bits per heavy atom. The Kier molecular flexibility index (Phi) is 9.60. The zero-order valence-corrected chi connectivity index (χ0v) is 23.9. The molecular weight excluding hydrogens is 553 g/mol. The van der Waals surface area contributed by atoms with E-state index < -0.39 is 24.4 Å². The zero-order valence-electron chi connectivity index (χ0n) is 23.9. The van der Waals surface area contributed by atoms with Gasteiger partial charge in [0, 0.05) is 18.2 Å². The number of hydrogen-bond acceptors (Lipinski definition) is 9. The largest absolute Gasteiger partial charge is 0.488 e. The number of benzene rings is 4. The van der Waals surface area contributed by atoms with E-state index in [9.17, 15) is 9.90 Å². The van der Waals surface area contributed by atoms with Gasteiger partial charge in [-0.15, -0.1) is 0 Å². The first-order valence-corrected chi connectivity index (χ1v) is 13.9. The molecule has 4 aromatic carbocycles. The summed E-state index contributed by atoms with van der Waals surface area (Å²) in [5.74, 6) is -0.829. The quantitative estimate of drug-likeness (QED) is 0.173. The average molecular weight is 586 g/mol. The van der Waals surface area contributed by atoms with E-state index in [0.717, 1.165) is 27.8 Å². The molecule has 0 amide bonds. The van der Waals surface area contributed by atoms with Crippen LogP contribution in [0.1, 0.15) is 29.2 Å². The van der Waals surface area contributed by atoms with E-state index in [-0.39, 0.29) is 32.1 Å². The highest BCUT2D eigenvalue weighted by Crippen LogP contribution is 2.31. The van der Waals surface area contributed by atoms with Gasteiger partial charge in [0.05, 0.1) is 13.2 Å². The van der Waals surface area contributed by atoms with Crippen LogP contribution < -0.4 is 14.8 Å². The first-order chi connectivity index (χ1) is 21.0. The molecule has 0 aliphatic carbocycles. The molecule has 10 heteroatoms. The summed E-state index contributed by atoms with van der Waals surface area (Å²) in [5.41, 5.74) is 6.55. The van der Waals surface area contributed by atoms with Crippen LogP contribution >= 0.6 is 0 Å². The van der Waals surface area contributed by atoms with Crippen LogP contribution in [0.2, 0.25) is 0 Å². The molecule has 5 rings (SSSR count). The molecular formula is C33H32FN3O6. The normalized spacial score (nSPS) is 11.8. The Hall–Kier alpha value is -4.80. The summed E-state index contributed by atoms with van der Waals surface area (Å²) >= 11 is 0. The van der Waals surface area contributed by atoms with Gasteiger partial charge in [0.15, 0.2) is 11.6 Å². The van der Waals surface area contributed by atoms with Crippen molar-refractivity contribution in [3.63, 3.8) is 0 Å². The zero-order chi connectivity index (χ0) is 30.2. The standard InChI is InChI=1S/C33H32FN3O6/c1-3-40-33(39)30(18-38)35-17-25-15-27(34)32(16-31(25)41-19-22-12-13-28-29(14-22)37-43-36-28)42-20-24-10-7-11-26(21(24)2)23-8-5-4-6-9-23/h4-16,30,35,38H,3,17-20H2,1-2H3/t30-/m1/s1. The number of rotatable bonds is 13. The summed E-state index contributed by atoms with van der Waals surface area (Å²) in [7, 11) is 0. The molecule has 0 aliphatic heterocycles. The third-order valence-electron chi connectivity index (χ3n) is 7.03. The molecule has 0 fully saturated rings. The maximum absolute atomic E-state index is 15.4. The molecule has 5 aromatic rings. The number of nitrogens with zero attached hydrogens (tertiary/aromatic N) is 2. The Bertz CT molecular complexity index is 1690. The molecule has 2 N–H and O–H groups in total. The monoisotopic (exact) mass is 585 g/mol. The van der Waals surface area contributed by atoms with Gasteiger partial charge in [-0.25, -0.2) is 9.02 Å². The van der Waals surface area contributed by atoms with Crippen molar-refractivity contribution >= 4 is 17.0 Å². The van der Waals surface area contributed by atoms with E-state index in [0.29, 0.717) is 22.3 Å². The first kappa shape index (κ1) is 29.7. The molecule has 0 saturated heterocycles. The fourth-order valence-corrected chi connectivity index (χ4v) is 4.66. The maximum atomic E-state index is 15.4. The highest BCUT2D eigenvalue weighted by atomic mass is 19.1. The number of esters is 1. The molecule has 43 heavy (non-hydrogen) atoms. The summed E-state index contributed by atoms with van der Waals surface area (Å²) < 4.78 is 37.3. The minimum absolute atomic E-state index is 0.0171. The van der Waals surface area contributed by atoms with Gasteiger partial charge in [0.2, 0.25) is 0 Å². The molecule has 0 aliphatic rings. The minimum Gasteiger partial charge on any atom is -0.488 e. The number of ether oxygens (including phenoxy) is 3. The van der Waals surface area contributed by atoms with Crippen molar-refractivity contribution < 1.29 is 33.1 Å². The van der Waals surface area contributed by atoms with Crippen molar-refractivity contribution in [3.05, 3.63) is 107 Å². The Morgan fingerprint density at radius 3 is 2.51 bits per heavy atom. The minimum atomic E-state index is -0.978. The smallest absolute Gasteiger partial charge is 0.325 e. The predicted molar refractivity (Wildman–Crippen MR) is 158 cm³/mol. The van der Waals surface area contributed by atoms with E-state index in [1.165, 1.54) is 12.1 Å². The number of fused-ring (bicyclic) bond motifs is 1. The molecule has 9 nitrogen and oxygen atoms in total. The molecule has 222 valence electrons. The van der Waals surface area contributed by atoms with Crippen molar-refractivity contribution in [2.45, 2.75) is 39.6 Å². The summed E-state index contributed by atoms with van der Waals surface area (Å²) in [6.45, 7) is 3.70. The number of aliphatic hydroxyl groups excluding tert-OH is 1. The lowest BCUT2D eigenvalue weighted by molar-refractivity contribution is -0.146. The van der Waals surface area contributed by atoms with E-state index in [1.54, 1.807) is 19.1 Å². The molecule has 0 bridgehead atoms. The topological polar surface area (TPSA) is 116 Å². The van der Waals surface area contributed by atoms with Crippen LogP contribution in [0.3, 0.4) is 0 Å². The van der Waals surface area contributed by atoms with Gasteiger partial charge in [-0.3, -0.25) is 10.1 Å². The van der Waals surface area contributed by atoms with E-state index >= 15 is 4.39 Å². The number of aliphatic hydroxyl groups is 1. The summed E-state index contributed by atoms with van der Waals surface area (Å²) in [6, 6.07) is 23.2. The van der Waals surface area contributed by atoms with Crippen LogP contribution in [0.4, 0.5) is 4.39 Å². The van der Waals surface area contributed by atoms with Gasteiger partial charge in [-0.2, -0.15) is 0 Å². The Labute approximate surface area is 248 Å². The van der Waals surface area contributed by atoms with Crippen molar-refractivity contribution in [1.82, 2.24) is 15.6 Å². The second-order valence-corrected chi connectivity index (χ2v) is 9.88. The predicted octanol–water partition coefficient (Wildman–Crippen LogP) is 5.51. The second kappa shape index (κ2) is 13.9. The van der Waals surface area contributed by atoms with Gasteiger partial charge in [0.25, 0.3) is 0 Å². The fourth-order valence-electron chi connectivity index (χ4n) is 4.66. The molecule has 0 saturated carbocycles. The van der Waals surface area contributed by atoms with Crippen molar-refractivity contribution in [2.75, 3.05) is 13.2 Å². The number of hydrogen-bond donors (Lipinski definition) is 2. The van der Waals surface area contributed by atoms with Crippen LogP contribution in [-0.4, -0.2) is 40.6 Å². The van der Waals surface area contributed by atoms with Crippen LogP contribution in [0.5, 0.6) is 11.5 Å². The molecule has 1 atom stereocenters. The number of nitrogens with one attached hydrogen (secondary N) is 1. The summed E-state index contributed by atoms with van der Waals surface area (Å²) in [6.07, 6.45) is 0. The van der Waals surface area contributed by atoms with Crippen LogP contribution in [0.25, 0.3) is 22.2 Å². The van der Waals surface area contributed by atoms with E-state index in [1.807, 2.05) is 61.5 Å². The van der Waals surface area contributed by atoms with Gasteiger partial charge in [0.1, 0.15) is 36.0 Å². The van der Waals surface area contributed by atoms with E-state index in [4.69, 9.17) is 18.8 Å². The fraction of sp³-hybridized carbons (Fsp3) is 0.242. The third-order valence-corrected chi connectivity index (χ3v) is 7.03. The second-order valence-electron chi connectivity index (χ2n) is 9.88. The van der Waals surface area contributed by atoms with Crippen molar-refractivity contribution in [2.24, 2.45) is 0 Å². The molecule has 0 unspecified atom stereocenters. The maximum Gasteiger partial charge on any atom is 0.325 e. The molecule has 0 radical (unpaired) electrons. The number of aromatic nitrogens is 2. The summed E-state index contributed by atoms with van der Waals surface area (Å²) in [5, 5.41) is 20.3. The Morgan fingerprint density at radius 1 is 0.930 bits per heavy atom. The molecule has 0 spiro atoms. The van der Waals surface area contributed by atoms with E-state index in [2.05, 4.69) is 15.6 Å². The first-order valence-electron chi connectivity index (χ1n) is 13.9. The van der Waals surface area contributed by atoms with Crippen LogP contribution in [0.15, 0.2) is 83.5 Å². The highest BCUT2D eigenvalue weighted by molar-refractivity contribution is 5.76. The third kappa shape index (κ3) is 7.17. The lowest BCUT2D eigenvalue weighted by Crippen LogP contribution is -2.40. The summed E-state index contributed by atoms with van der Waals surface area (Å²) in [4.78, 5) is 12.2. The molecule has 1 aromatic heterocycles.